The summed E-state index contributed by atoms with van der Waals surface area (Å²) >= 11 is 11.7. The smallest absolute Gasteiger partial charge is 0.113 e. The van der Waals surface area contributed by atoms with Crippen molar-refractivity contribution in [3.8, 4) is 0 Å². The third kappa shape index (κ3) is 3.92. The quantitative estimate of drug-likeness (QED) is 0.336. The highest BCUT2D eigenvalue weighted by molar-refractivity contribution is 8.80. The average molecular weight is 176 g/mol. The summed E-state index contributed by atoms with van der Waals surface area (Å²) in [7, 11) is 2.74. The van der Waals surface area contributed by atoms with Crippen molar-refractivity contribution in [1.29, 1.82) is 0 Å². The molecule has 0 nitrogen and oxygen atoms in total. The minimum Gasteiger partial charge on any atom is -0.153 e. The van der Waals surface area contributed by atoms with Crippen LogP contribution >= 0.6 is 57.5 Å². The minimum absolute atomic E-state index is 0.191. The Labute approximate surface area is 61.3 Å². The Bertz CT molecular complexity index is 23.1. The van der Waals surface area contributed by atoms with Gasteiger partial charge in [-0.15, -0.1) is 23.3 Å². The zero-order chi connectivity index (χ0) is 4.99. The first-order valence-electron chi connectivity index (χ1n) is 1.09. The van der Waals surface area contributed by atoms with Gasteiger partial charge in [-0.05, 0) is 0 Å². The van der Waals surface area contributed by atoms with E-state index in [0.717, 1.165) is 0 Å². The van der Waals surface area contributed by atoms with E-state index in [1.807, 2.05) is 0 Å². The molecule has 0 aromatic rings. The van der Waals surface area contributed by atoms with Crippen LogP contribution in [0.2, 0.25) is 0 Å². The molecule has 0 saturated carbocycles. The molecule has 0 heterocycles. The van der Waals surface area contributed by atoms with Crippen LogP contribution in [0.3, 0.4) is 0 Å². The van der Waals surface area contributed by atoms with Gasteiger partial charge in [0.15, 0.2) is 0 Å². The Morgan fingerprint density at radius 1 is 1.17 bits per heavy atom. The fourth-order valence-electron chi connectivity index (χ4n) is 0.0192. The molecule has 0 aliphatic rings. The van der Waals surface area contributed by atoms with E-state index < -0.39 is 0 Å². The molecular weight excluding hydrogens is 172 g/mol. The van der Waals surface area contributed by atoms with E-state index in [1.54, 1.807) is 0 Å². The van der Waals surface area contributed by atoms with Crippen molar-refractivity contribution >= 4 is 57.5 Å². The van der Waals surface area contributed by atoms with E-state index in [1.165, 1.54) is 21.6 Å². The Morgan fingerprint density at radius 2 is 1.50 bits per heavy atom. The van der Waals surface area contributed by atoms with Crippen LogP contribution in [0.1, 0.15) is 0 Å². The molecule has 0 spiro atoms. The molecule has 5 heteroatoms. The van der Waals surface area contributed by atoms with E-state index in [0.29, 0.717) is 0 Å². The highest BCUT2D eigenvalue weighted by atomic mass is 33.1. The lowest BCUT2D eigenvalue weighted by atomic mass is 11.9. The minimum atomic E-state index is 0.191. The predicted molar refractivity (Wildman–Crippen MR) is 45.9 cm³/mol. The van der Waals surface area contributed by atoms with Gasteiger partial charge in [-0.25, -0.2) is 0 Å². The Balaban J connectivity index is 2.75. The average Bonchev–Trinajstić information content (AvgIpc) is 1.65. The highest BCUT2D eigenvalue weighted by Crippen LogP contribution is 2.31. The summed E-state index contributed by atoms with van der Waals surface area (Å²) in [5, 5.41) is 0. The molecule has 0 aliphatic heterocycles. The molecule has 0 N–H and O–H groups in total. The van der Waals surface area contributed by atoms with Gasteiger partial charge in [-0.1, -0.05) is 21.6 Å². The third-order valence-electron chi connectivity index (χ3n) is 0.180. The maximum Gasteiger partial charge on any atom is 0.113 e. The number of hydrogen-bond acceptors (Lipinski definition) is 5. The van der Waals surface area contributed by atoms with Crippen molar-refractivity contribution in [3.63, 3.8) is 0 Å². The molecule has 0 saturated heterocycles. The van der Waals surface area contributed by atoms with Crippen molar-refractivity contribution in [2.75, 3.05) is 0 Å². The van der Waals surface area contributed by atoms with Crippen LogP contribution < -0.4 is 0 Å². The topological polar surface area (TPSA) is 0 Å². The third-order valence-corrected chi connectivity index (χ3v) is 4.87. The van der Waals surface area contributed by atoms with Crippen LogP contribution in [-0.2, 0) is 0 Å². The van der Waals surface area contributed by atoms with Gasteiger partial charge in [0.2, 0.25) is 0 Å². The lowest BCUT2D eigenvalue weighted by molar-refractivity contribution is 2.17. The number of thiol groups is 3. The molecule has 0 unspecified atom stereocenters. The summed E-state index contributed by atoms with van der Waals surface area (Å²) < 4.78 is 0.191. The molecule has 6 heavy (non-hydrogen) atoms. The van der Waals surface area contributed by atoms with Crippen molar-refractivity contribution in [3.05, 3.63) is 0 Å². The Hall–Kier alpha value is 1.75. The van der Waals surface area contributed by atoms with Crippen LogP contribution in [0, 0.1) is 0 Å². The summed E-state index contributed by atoms with van der Waals surface area (Å²) in [6.07, 6.45) is 0. The van der Waals surface area contributed by atoms with Crippen LogP contribution in [0.4, 0.5) is 0 Å². The first kappa shape index (κ1) is 7.75. The second kappa shape index (κ2) is 4.90. The van der Waals surface area contributed by atoms with Gasteiger partial charge in [-0.3, -0.25) is 0 Å². The lowest BCUT2D eigenvalue weighted by Crippen LogP contribution is -1.68. The second-order valence-electron chi connectivity index (χ2n) is 0.518. The number of rotatable bonds is 2. The summed E-state index contributed by atoms with van der Waals surface area (Å²) in [4.78, 5) is 0. The SMILES string of the molecule is SSC(S)SS. The van der Waals surface area contributed by atoms with Crippen molar-refractivity contribution in [2.24, 2.45) is 0 Å². The lowest BCUT2D eigenvalue weighted by Gasteiger charge is -1.95. The van der Waals surface area contributed by atoms with E-state index in [9.17, 15) is 0 Å². The molecule has 0 rings (SSSR count). The van der Waals surface area contributed by atoms with Crippen molar-refractivity contribution < 1.29 is 0 Å². The van der Waals surface area contributed by atoms with Crippen molar-refractivity contribution in [1.82, 2.24) is 0 Å². The molecule has 38 valence electrons. The van der Waals surface area contributed by atoms with Gasteiger partial charge in [0.05, 0.1) is 0 Å². The highest BCUT2D eigenvalue weighted by Gasteiger charge is 1.93. The maximum atomic E-state index is 4.00. The normalized spacial score (nSPS) is 10.0. The Morgan fingerprint density at radius 3 is 1.50 bits per heavy atom. The van der Waals surface area contributed by atoms with E-state index in [4.69, 9.17) is 0 Å². The zero-order valence-corrected chi connectivity index (χ0v) is 7.05. The predicted octanol–water partition coefficient (Wildman–Crippen LogP) is 2.36. The molecule has 0 bridgehead atoms. The molecule has 0 aromatic carbocycles. The van der Waals surface area contributed by atoms with Crippen LogP contribution in [0.5, 0.6) is 0 Å². The van der Waals surface area contributed by atoms with Crippen LogP contribution in [-0.4, -0.2) is 3.91 Å². The van der Waals surface area contributed by atoms with Gasteiger partial charge in [0.25, 0.3) is 0 Å². The van der Waals surface area contributed by atoms with Crippen LogP contribution in [0.25, 0.3) is 0 Å². The summed E-state index contributed by atoms with van der Waals surface area (Å²) in [6, 6.07) is 0. The summed E-state index contributed by atoms with van der Waals surface area (Å²) in [5.41, 5.74) is 0. The first-order valence-corrected chi connectivity index (χ1v) is 5.48. The molecule has 0 fully saturated rings. The second-order valence-corrected chi connectivity index (χ2v) is 4.66. The van der Waals surface area contributed by atoms with Gasteiger partial charge in [-0.2, -0.15) is 12.6 Å². The van der Waals surface area contributed by atoms with E-state index >= 15 is 0 Å². The van der Waals surface area contributed by atoms with Gasteiger partial charge in [0, 0.05) is 0 Å². The zero-order valence-electron chi connectivity index (χ0n) is 2.74. The fraction of sp³-hybridized carbons (Fsp3) is 1.00. The number of hydrogen-bond donors (Lipinski definition) is 3. The van der Waals surface area contributed by atoms with E-state index in [-0.39, 0.29) is 3.91 Å². The summed E-state index contributed by atoms with van der Waals surface area (Å²) in [6.45, 7) is 0. The molecule has 0 aromatic heterocycles. The standard InChI is InChI=1S/CH4S5/c2-1(5-3)6-4/h1-4H. The maximum absolute atomic E-state index is 4.00. The van der Waals surface area contributed by atoms with Crippen LogP contribution in [0.15, 0.2) is 0 Å². The van der Waals surface area contributed by atoms with Gasteiger partial charge in [0.1, 0.15) is 3.91 Å². The first-order chi connectivity index (χ1) is 2.81. The molecule has 0 atom stereocenters. The molecule has 0 amide bonds. The largest absolute Gasteiger partial charge is 0.153 e. The molecule has 0 radical (unpaired) electrons. The molecule has 0 aliphatic carbocycles. The van der Waals surface area contributed by atoms with Gasteiger partial charge >= 0.3 is 0 Å². The van der Waals surface area contributed by atoms with E-state index in [2.05, 4.69) is 36.0 Å². The molecular formula is CH4S5. The van der Waals surface area contributed by atoms with Gasteiger partial charge < -0.3 is 0 Å². The monoisotopic (exact) mass is 176 g/mol. The Kier molecular flexibility index (Phi) is 6.33. The fourth-order valence-corrected chi connectivity index (χ4v) is 1.56. The summed E-state index contributed by atoms with van der Waals surface area (Å²) in [5.74, 6) is 0. The van der Waals surface area contributed by atoms with Crippen molar-refractivity contribution in [2.45, 2.75) is 3.91 Å².